The minimum absolute atomic E-state index is 0.1000. The van der Waals surface area contributed by atoms with Crippen molar-refractivity contribution in [1.82, 2.24) is 9.78 Å². The first-order chi connectivity index (χ1) is 17.1. The van der Waals surface area contributed by atoms with Crippen molar-refractivity contribution in [2.24, 2.45) is 40.4 Å². The van der Waals surface area contributed by atoms with Gasteiger partial charge in [-0.3, -0.25) is 9.48 Å². The zero-order valence-corrected chi connectivity index (χ0v) is 22.8. The average Bonchev–Trinajstić information content (AvgIpc) is 3.39. The Morgan fingerprint density at radius 2 is 1.92 bits per heavy atom. The summed E-state index contributed by atoms with van der Waals surface area (Å²) < 4.78 is 7.20. The van der Waals surface area contributed by atoms with Crippen LogP contribution in [0, 0.1) is 40.4 Å². The minimum atomic E-state index is -0.650. The van der Waals surface area contributed by atoms with Gasteiger partial charge >= 0.3 is 0 Å². The second kappa shape index (κ2) is 8.81. The summed E-state index contributed by atoms with van der Waals surface area (Å²) in [6.45, 7) is 5.76. The van der Waals surface area contributed by atoms with Gasteiger partial charge < -0.3 is 9.84 Å². The number of Topliss-reactive ketones (excluding diaryl/α,β-unsaturated/α-hetero) is 1. The van der Waals surface area contributed by atoms with Crippen molar-refractivity contribution >= 4 is 28.3 Å². The Morgan fingerprint density at radius 3 is 2.72 bits per heavy atom. The number of fused-ring (bicyclic) bond motifs is 6. The highest BCUT2D eigenvalue weighted by Gasteiger charge is 2.62. The van der Waals surface area contributed by atoms with Crippen LogP contribution in [0.2, 0.25) is 5.02 Å². The van der Waals surface area contributed by atoms with Gasteiger partial charge in [-0.2, -0.15) is 5.10 Å². The number of ether oxygens (including phenoxy) is 1. The number of halogens is 1. The summed E-state index contributed by atoms with van der Waals surface area (Å²) in [5.74, 6) is 3.13. The van der Waals surface area contributed by atoms with Crippen molar-refractivity contribution in [3.8, 4) is 0 Å². The maximum absolute atomic E-state index is 13.7. The van der Waals surface area contributed by atoms with Crippen molar-refractivity contribution in [3.05, 3.63) is 29.4 Å². The second-order valence-electron chi connectivity index (χ2n) is 13.2. The van der Waals surface area contributed by atoms with Gasteiger partial charge in [0.2, 0.25) is 0 Å². The lowest BCUT2D eigenvalue weighted by Crippen LogP contribution is -2.56. The third-order valence-corrected chi connectivity index (χ3v) is 11.7. The predicted molar refractivity (Wildman–Crippen MR) is 142 cm³/mol. The number of carbonyl (C=O) groups excluding carboxylic acids is 1. The van der Waals surface area contributed by atoms with Crippen LogP contribution in [0.15, 0.2) is 24.4 Å². The van der Waals surface area contributed by atoms with Crippen LogP contribution in [0.1, 0.15) is 71.6 Å². The molecule has 1 aromatic heterocycles. The quantitative estimate of drug-likeness (QED) is 0.511. The Hall–Kier alpha value is -1.43. The zero-order chi connectivity index (χ0) is 25.3. The maximum atomic E-state index is 13.7. The van der Waals surface area contributed by atoms with Gasteiger partial charge in [0.05, 0.1) is 24.3 Å². The first kappa shape index (κ1) is 24.9. The lowest BCUT2D eigenvalue weighted by atomic mass is 9.44. The Bertz CT molecular complexity index is 1160. The third-order valence-electron chi connectivity index (χ3n) is 11.5. The molecule has 1 aromatic carbocycles. The molecular formula is C30H41ClN2O3. The van der Waals surface area contributed by atoms with Crippen molar-refractivity contribution in [2.75, 3.05) is 13.7 Å². The largest absolute Gasteiger partial charge is 0.387 e. The number of nitrogens with zero attached hydrogens (tertiary/aromatic N) is 2. The molecule has 4 saturated carbocycles. The first-order valence-corrected chi connectivity index (χ1v) is 14.4. The van der Waals surface area contributed by atoms with Crippen LogP contribution < -0.4 is 0 Å². The molecule has 0 aliphatic heterocycles. The lowest BCUT2D eigenvalue weighted by molar-refractivity contribution is -0.164. The Morgan fingerprint density at radius 1 is 1.11 bits per heavy atom. The number of carbonyl (C=O) groups is 1. The van der Waals surface area contributed by atoms with Crippen LogP contribution in [0.25, 0.3) is 10.9 Å². The monoisotopic (exact) mass is 512 g/mol. The van der Waals surface area contributed by atoms with E-state index in [1.807, 2.05) is 29.1 Å². The summed E-state index contributed by atoms with van der Waals surface area (Å²) in [6.07, 6.45) is 11.8. The fourth-order valence-electron chi connectivity index (χ4n) is 9.64. The van der Waals surface area contributed by atoms with Crippen LogP contribution >= 0.6 is 11.6 Å². The van der Waals surface area contributed by atoms with Crippen LogP contribution in [-0.2, 0) is 16.1 Å². The molecule has 1 N–H and O–H groups in total. The number of aromatic nitrogens is 2. The van der Waals surface area contributed by atoms with E-state index in [1.54, 1.807) is 7.11 Å². The van der Waals surface area contributed by atoms with Gasteiger partial charge in [0.25, 0.3) is 0 Å². The van der Waals surface area contributed by atoms with Crippen molar-refractivity contribution in [2.45, 2.75) is 83.8 Å². The molecule has 8 atom stereocenters. The van der Waals surface area contributed by atoms with E-state index in [-0.39, 0.29) is 11.3 Å². The van der Waals surface area contributed by atoms with Crippen molar-refractivity contribution in [1.29, 1.82) is 0 Å². The van der Waals surface area contributed by atoms with E-state index in [9.17, 15) is 9.90 Å². The Kier molecular flexibility index (Phi) is 6.09. The normalized spacial score (nSPS) is 42.1. The molecule has 196 valence electrons. The van der Waals surface area contributed by atoms with E-state index in [4.69, 9.17) is 16.3 Å². The molecule has 36 heavy (non-hydrogen) atoms. The van der Waals surface area contributed by atoms with Gasteiger partial charge in [0, 0.05) is 29.6 Å². The van der Waals surface area contributed by atoms with Crippen molar-refractivity contribution < 1.29 is 14.6 Å². The molecule has 0 bridgehead atoms. The minimum Gasteiger partial charge on any atom is -0.387 e. The molecule has 4 aliphatic rings. The van der Waals surface area contributed by atoms with Gasteiger partial charge in [-0.1, -0.05) is 25.4 Å². The van der Waals surface area contributed by atoms with Crippen molar-refractivity contribution in [3.63, 3.8) is 0 Å². The van der Waals surface area contributed by atoms with Gasteiger partial charge in [0.1, 0.15) is 0 Å². The van der Waals surface area contributed by atoms with Gasteiger partial charge in [-0.05, 0) is 110 Å². The number of ketones is 1. The van der Waals surface area contributed by atoms with Gasteiger partial charge in [-0.15, -0.1) is 0 Å². The topological polar surface area (TPSA) is 64.3 Å². The number of aliphatic hydroxyl groups is 1. The fourth-order valence-corrected chi connectivity index (χ4v) is 9.81. The summed E-state index contributed by atoms with van der Waals surface area (Å²) in [4.78, 5) is 13.7. The molecule has 4 fully saturated rings. The SMILES string of the molecule is COC[C@@]1(O)CC[C@@]2(C)[C@@H](CC[C@@H]3[C@@H]2CC[C@]2(C)[C@@H](C(=O)Cn4cc5ccc(Cl)cc5n4)CC[C@@H]32)C1. The Labute approximate surface area is 219 Å². The molecule has 5 nitrogen and oxygen atoms in total. The third kappa shape index (κ3) is 3.87. The Balaban J connectivity index is 1.18. The van der Waals surface area contributed by atoms with Crippen LogP contribution in [0.3, 0.4) is 0 Å². The predicted octanol–water partition coefficient (Wildman–Crippen LogP) is 6.30. The number of hydrogen-bond donors (Lipinski definition) is 1. The smallest absolute Gasteiger partial charge is 0.157 e. The van der Waals surface area contributed by atoms with Crippen LogP contribution in [0.5, 0.6) is 0 Å². The summed E-state index contributed by atoms with van der Waals surface area (Å²) in [5.41, 5.74) is 0.606. The first-order valence-electron chi connectivity index (χ1n) is 14.0. The molecule has 6 rings (SSSR count). The molecule has 0 unspecified atom stereocenters. The summed E-state index contributed by atoms with van der Waals surface area (Å²) in [5, 5.41) is 17.4. The highest BCUT2D eigenvalue weighted by atomic mass is 35.5. The summed E-state index contributed by atoms with van der Waals surface area (Å²) in [7, 11) is 1.70. The van der Waals surface area contributed by atoms with E-state index in [2.05, 4.69) is 18.9 Å². The molecule has 4 aliphatic carbocycles. The van der Waals surface area contributed by atoms with E-state index in [0.717, 1.165) is 48.9 Å². The standard InChI is InChI=1S/C30H41ClN2O3/c1-28-12-13-30(35,18-36-3)15-20(28)5-7-22-23-8-9-25(29(23,2)11-10-24(22)28)27(34)17-33-16-19-4-6-21(31)14-26(19)32-33/h4,6,14,16,20,22-25,35H,5,7-13,15,17-18H2,1-3H3/t20-,22-,23-,24-,25+,28-,29-,30+/m0/s1. The summed E-state index contributed by atoms with van der Waals surface area (Å²) >= 11 is 6.13. The zero-order valence-electron chi connectivity index (χ0n) is 22.0. The fraction of sp³-hybridized carbons (Fsp3) is 0.733. The molecule has 0 amide bonds. The number of benzene rings is 1. The lowest BCUT2D eigenvalue weighted by Gasteiger charge is -2.62. The molecule has 0 spiro atoms. The maximum Gasteiger partial charge on any atom is 0.157 e. The van der Waals surface area contributed by atoms with E-state index < -0.39 is 5.60 Å². The highest BCUT2D eigenvalue weighted by Crippen LogP contribution is 2.68. The van der Waals surface area contributed by atoms with Crippen LogP contribution in [-0.4, -0.2) is 40.0 Å². The van der Waals surface area contributed by atoms with E-state index in [0.29, 0.717) is 47.1 Å². The van der Waals surface area contributed by atoms with E-state index >= 15 is 0 Å². The molecule has 6 heteroatoms. The number of methoxy groups -OCH3 is 1. The molecule has 0 saturated heterocycles. The number of rotatable bonds is 5. The highest BCUT2D eigenvalue weighted by molar-refractivity contribution is 6.31. The number of hydrogen-bond acceptors (Lipinski definition) is 4. The van der Waals surface area contributed by atoms with Crippen LogP contribution in [0.4, 0.5) is 0 Å². The summed E-state index contributed by atoms with van der Waals surface area (Å²) in [6, 6.07) is 5.71. The van der Waals surface area contributed by atoms with Gasteiger partial charge in [-0.25, -0.2) is 0 Å². The molecule has 2 aromatic rings. The molecule has 0 radical (unpaired) electrons. The van der Waals surface area contributed by atoms with Gasteiger partial charge in [0.15, 0.2) is 5.78 Å². The average molecular weight is 513 g/mol. The molecule has 1 heterocycles. The second-order valence-corrected chi connectivity index (χ2v) is 13.6. The molecular weight excluding hydrogens is 472 g/mol. The van der Waals surface area contributed by atoms with E-state index in [1.165, 1.54) is 25.7 Å².